The lowest BCUT2D eigenvalue weighted by molar-refractivity contribution is 0.0354. The Morgan fingerprint density at radius 3 is 2.61 bits per heavy atom. The van der Waals surface area contributed by atoms with Crippen molar-refractivity contribution in [3.63, 3.8) is 0 Å². The fraction of sp³-hybridized carbons (Fsp3) is 0.522. The van der Waals surface area contributed by atoms with Gasteiger partial charge in [0.15, 0.2) is 0 Å². The molecule has 1 aromatic carbocycles. The summed E-state index contributed by atoms with van der Waals surface area (Å²) in [6, 6.07) is 10.4. The number of nitrogens with one attached hydrogen (secondary N) is 1. The van der Waals surface area contributed by atoms with Crippen molar-refractivity contribution in [3.8, 4) is 0 Å². The minimum absolute atomic E-state index is 0.264. The van der Waals surface area contributed by atoms with Crippen LogP contribution in [-0.4, -0.2) is 30.8 Å². The predicted octanol–water partition coefficient (Wildman–Crippen LogP) is 3.42. The number of anilines is 2. The van der Waals surface area contributed by atoms with Crippen LogP contribution < -0.4 is 16.8 Å². The zero-order valence-electron chi connectivity index (χ0n) is 17.2. The molecule has 2 atom stereocenters. The van der Waals surface area contributed by atoms with Gasteiger partial charge in [0.25, 0.3) is 0 Å². The molecule has 28 heavy (non-hydrogen) atoms. The van der Waals surface area contributed by atoms with Gasteiger partial charge in [0.2, 0.25) is 0 Å². The Balaban J connectivity index is 1.37. The van der Waals surface area contributed by atoms with Gasteiger partial charge in [-0.15, -0.1) is 0 Å². The van der Waals surface area contributed by atoms with E-state index >= 15 is 0 Å². The molecule has 1 fully saturated rings. The highest BCUT2D eigenvalue weighted by molar-refractivity contribution is 5.44. The van der Waals surface area contributed by atoms with Crippen molar-refractivity contribution in [3.05, 3.63) is 52.7 Å². The second kappa shape index (κ2) is 9.89. The van der Waals surface area contributed by atoms with E-state index in [1.165, 1.54) is 29.5 Å². The molecule has 3 rings (SSSR count). The largest absolute Gasteiger partial charge is 0.399 e. The summed E-state index contributed by atoms with van der Waals surface area (Å²) in [6.45, 7) is 6.89. The van der Waals surface area contributed by atoms with Gasteiger partial charge in [-0.3, -0.25) is 0 Å². The van der Waals surface area contributed by atoms with E-state index in [-0.39, 0.29) is 6.10 Å². The Labute approximate surface area is 168 Å². The van der Waals surface area contributed by atoms with E-state index in [0.29, 0.717) is 11.7 Å². The molecule has 0 radical (unpaired) electrons. The van der Waals surface area contributed by atoms with Gasteiger partial charge >= 0.3 is 0 Å². The summed E-state index contributed by atoms with van der Waals surface area (Å²) >= 11 is 0. The van der Waals surface area contributed by atoms with Gasteiger partial charge in [-0.2, -0.15) is 0 Å². The molecule has 1 aliphatic rings. The molecule has 0 aliphatic carbocycles. The molecular weight excluding hydrogens is 348 g/mol. The Bertz CT molecular complexity index is 737. The fourth-order valence-electron chi connectivity index (χ4n) is 4.13. The molecule has 1 aliphatic heterocycles. The van der Waals surface area contributed by atoms with Crippen molar-refractivity contribution in [2.75, 3.05) is 31.2 Å². The van der Waals surface area contributed by atoms with Gasteiger partial charge in [0.05, 0.1) is 6.10 Å². The van der Waals surface area contributed by atoms with E-state index in [0.717, 1.165) is 50.3 Å². The van der Waals surface area contributed by atoms with Crippen LogP contribution in [0.2, 0.25) is 0 Å². The van der Waals surface area contributed by atoms with E-state index in [1.807, 2.05) is 12.1 Å². The summed E-state index contributed by atoms with van der Waals surface area (Å²) < 4.78 is 6.20. The third-order valence-electron chi connectivity index (χ3n) is 5.39. The smallest absolute Gasteiger partial charge is 0.123 e. The number of rotatable bonds is 9. The first-order valence-corrected chi connectivity index (χ1v) is 10.4. The number of nitrogens with two attached hydrogens (primary N) is 2. The number of benzene rings is 1. The number of ether oxygens (including phenoxy) is 1. The first-order valence-electron chi connectivity index (χ1n) is 10.4. The van der Waals surface area contributed by atoms with Crippen LogP contribution in [0.15, 0.2) is 30.3 Å². The van der Waals surface area contributed by atoms with Crippen molar-refractivity contribution in [1.82, 2.24) is 10.3 Å². The fourth-order valence-corrected chi connectivity index (χ4v) is 4.13. The molecule has 5 heteroatoms. The normalized spacial score (nSPS) is 19.2. The lowest BCUT2D eigenvalue weighted by Crippen LogP contribution is -2.25. The number of nitrogen functional groups attached to an aromatic ring is 2. The monoisotopic (exact) mass is 382 g/mol. The molecule has 1 saturated heterocycles. The summed E-state index contributed by atoms with van der Waals surface area (Å²) in [7, 11) is 0. The Morgan fingerprint density at radius 1 is 1.00 bits per heavy atom. The van der Waals surface area contributed by atoms with Crippen molar-refractivity contribution in [2.45, 2.75) is 52.1 Å². The number of hydrogen-bond acceptors (Lipinski definition) is 5. The van der Waals surface area contributed by atoms with Crippen LogP contribution in [0.3, 0.4) is 0 Å². The number of aryl methyl sites for hydroxylation is 3. The minimum Gasteiger partial charge on any atom is -0.399 e. The molecule has 0 bridgehead atoms. The molecule has 1 aromatic heterocycles. The van der Waals surface area contributed by atoms with Crippen molar-refractivity contribution in [2.24, 2.45) is 5.92 Å². The highest BCUT2D eigenvalue weighted by Gasteiger charge is 2.28. The highest BCUT2D eigenvalue weighted by Crippen LogP contribution is 2.20. The lowest BCUT2D eigenvalue weighted by atomic mass is 9.99. The first-order chi connectivity index (χ1) is 13.5. The molecule has 0 amide bonds. The average molecular weight is 383 g/mol. The Morgan fingerprint density at radius 2 is 1.82 bits per heavy atom. The maximum Gasteiger partial charge on any atom is 0.123 e. The van der Waals surface area contributed by atoms with E-state index in [2.05, 4.69) is 42.3 Å². The SMILES string of the molecule is Cc1cc(N)cc(CCCCCO[C@H]2CNC[C@H]2Cc2cc(C)cc(N)n2)c1. The van der Waals surface area contributed by atoms with Crippen molar-refractivity contribution < 1.29 is 4.74 Å². The van der Waals surface area contributed by atoms with Crippen molar-refractivity contribution in [1.29, 1.82) is 0 Å². The zero-order chi connectivity index (χ0) is 19.9. The number of pyridine rings is 1. The van der Waals surface area contributed by atoms with Gasteiger partial charge in [0, 0.05) is 37.0 Å². The molecule has 2 aromatic rings. The average Bonchev–Trinajstić information content (AvgIpc) is 3.03. The third-order valence-corrected chi connectivity index (χ3v) is 5.39. The summed E-state index contributed by atoms with van der Waals surface area (Å²) in [4.78, 5) is 4.48. The van der Waals surface area contributed by atoms with Crippen LogP contribution in [0.25, 0.3) is 0 Å². The Hall–Kier alpha value is -2.11. The van der Waals surface area contributed by atoms with Crippen LogP contribution in [0.1, 0.15) is 41.6 Å². The van der Waals surface area contributed by atoms with Crippen LogP contribution >= 0.6 is 0 Å². The second-order valence-electron chi connectivity index (χ2n) is 8.15. The van der Waals surface area contributed by atoms with E-state index in [9.17, 15) is 0 Å². The van der Waals surface area contributed by atoms with Crippen LogP contribution in [0, 0.1) is 19.8 Å². The summed E-state index contributed by atoms with van der Waals surface area (Å²) in [6.07, 6.45) is 5.71. The summed E-state index contributed by atoms with van der Waals surface area (Å²) in [5.41, 5.74) is 17.5. The molecule has 0 spiro atoms. The first kappa shape index (κ1) is 20.6. The van der Waals surface area contributed by atoms with Gasteiger partial charge in [-0.1, -0.05) is 12.5 Å². The zero-order valence-corrected chi connectivity index (χ0v) is 17.2. The maximum absolute atomic E-state index is 6.20. The quantitative estimate of drug-likeness (QED) is 0.457. The molecule has 5 nitrogen and oxygen atoms in total. The molecular formula is C23H34N4O. The maximum atomic E-state index is 6.20. The van der Waals surface area contributed by atoms with E-state index in [1.54, 1.807) is 0 Å². The topological polar surface area (TPSA) is 86.2 Å². The number of aromatic nitrogens is 1. The van der Waals surface area contributed by atoms with E-state index in [4.69, 9.17) is 16.2 Å². The summed E-state index contributed by atoms with van der Waals surface area (Å²) in [5.74, 6) is 1.07. The van der Waals surface area contributed by atoms with Gasteiger partial charge in [0.1, 0.15) is 5.82 Å². The molecule has 0 unspecified atom stereocenters. The second-order valence-corrected chi connectivity index (χ2v) is 8.15. The van der Waals surface area contributed by atoms with Gasteiger partial charge in [-0.25, -0.2) is 4.98 Å². The number of nitrogens with zero attached hydrogens (tertiary/aromatic N) is 1. The van der Waals surface area contributed by atoms with Crippen LogP contribution in [0.4, 0.5) is 11.5 Å². The summed E-state index contributed by atoms with van der Waals surface area (Å²) in [5, 5.41) is 3.46. The predicted molar refractivity (Wildman–Crippen MR) is 116 cm³/mol. The third kappa shape index (κ3) is 6.21. The van der Waals surface area contributed by atoms with Gasteiger partial charge < -0.3 is 21.5 Å². The highest BCUT2D eigenvalue weighted by atomic mass is 16.5. The van der Waals surface area contributed by atoms with Crippen LogP contribution in [-0.2, 0) is 17.6 Å². The number of hydrogen-bond donors (Lipinski definition) is 3. The van der Waals surface area contributed by atoms with E-state index < -0.39 is 0 Å². The van der Waals surface area contributed by atoms with Crippen molar-refractivity contribution >= 4 is 11.5 Å². The van der Waals surface area contributed by atoms with Gasteiger partial charge in [-0.05, 0) is 80.5 Å². The molecule has 152 valence electrons. The molecule has 2 heterocycles. The molecule has 5 N–H and O–H groups in total. The minimum atomic E-state index is 0.264. The number of unbranched alkanes of at least 4 members (excludes halogenated alkanes) is 2. The molecule has 0 saturated carbocycles. The Kier molecular flexibility index (Phi) is 7.29. The lowest BCUT2D eigenvalue weighted by Gasteiger charge is -2.19. The van der Waals surface area contributed by atoms with Crippen LogP contribution in [0.5, 0.6) is 0 Å². The standard InChI is InChI=1S/C23H34N4O/c1-16-8-18(12-20(24)9-16)6-4-3-5-7-28-22-15-26-14-19(22)13-21-10-17(2)11-23(25)27-21/h8-12,19,22,26H,3-7,13-15,24H2,1-2H3,(H2,25,27)/t19-,22+/m1/s1.